The molecule has 17 rings (SSSR count). The van der Waals surface area contributed by atoms with Crippen LogP contribution in [0, 0.1) is 17.9 Å². The van der Waals surface area contributed by atoms with Crippen LogP contribution in [-0.4, -0.2) is 11.3 Å². The van der Waals surface area contributed by atoms with E-state index in [1.165, 1.54) is 55.0 Å². The largest absolute Gasteiger partial charge is 0.310 e. The Balaban J connectivity index is 1.09. The summed E-state index contributed by atoms with van der Waals surface area (Å²) in [4.78, 5) is 9.46. The fourth-order valence-electron chi connectivity index (χ4n) is 17.1. The summed E-state index contributed by atoms with van der Waals surface area (Å²) in [6.45, 7) is 43.3. The summed E-state index contributed by atoms with van der Waals surface area (Å²) < 4.78 is 2.49. The second-order valence-corrected chi connectivity index (χ2v) is 36.1. The molecule has 0 unspecified atom stereocenters. The predicted octanol–water partition coefficient (Wildman–Crippen LogP) is 27.4. The van der Waals surface area contributed by atoms with Crippen molar-refractivity contribution in [2.45, 2.75) is 131 Å². The molecule has 0 amide bonds. The van der Waals surface area contributed by atoms with Crippen LogP contribution in [0.1, 0.15) is 137 Å². The van der Waals surface area contributed by atoms with E-state index < -0.39 is 5.41 Å². The van der Waals surface area contributed by atoms with Gasteiger partial charge in [-0.05, 0) is 212 Å². The average molecular weight is 1450 g/mol. The van der Waals surface area contributed by atoms with Crippen molar-refractivity contribution in [2.75, 3.05) is 9.80 Å². The summed E-state index contributed by atoms with van der Waals surface area (Å²) in [6.07, 6.45) is 0. The fraction of sp³-hybridized carbons (Fsp3) is 0.189. The summed E-state index contributed by atoms with van der Waals surface area (Å²) in [5, 5.41) is 13.1. The van der Waals surface area contributed by atoms with Crippen LogP contribution in [0.25, 0.3) is 110 Å². The normalized spacial score (nSPS) is 12.9. The van der Waals surface area contributed by atoms with Crippen LogP contribution in [0.4, 0.5) is 39.8 Å². The van der Waals surface area contributed by atoms with E-state index in [-0.39, 0.29) is 28.4 Å². The number of nitriles is 1. The monoisotopic (exact) mass is 1450 g/mol. The van der Waals surface area contributed by atoms with Gasteiger partial charge >= 0.3 is 0 Å². The molecule has 1 aromatic heterocycles. The van der Waals surface area contributed by atoms with Gasteiger partial charge in [-0.2, -0.15) is 5.26 Å². The number of aromatic nitrogens is 1. The highest BCUT2D eigenvalue weighted by Crippen LogP contribution is 2.57. The maximum Gasteiger partial charge on any atom is 0.252 e. The van der Waals surface area contributed by atoms with Crippen molar-refractivity contribution in [1.29, 1.82) is 5.26 Å². The third-order valence-corrected chi connectivity index (χ3v) is 23.3. The van der Waals surface area contributed by atoms with Crippen LogP contribution in [0.2, 0.25) is 0 Å². The highest BCUT2D eigenvalue weighted by Gasteiger charge is 2.47. The molecule has 0 atom stereocenters. The van der Waals surface area contributed by atoms with E-state index in [2.05, 4.69) is 396 Å². The van der Waals surface area contributed by atoms with Gasteiger partial charge < -0.3 is 14.4 Å². The fourth-order valence-corrected chi connectivity index (χ4v) is 17.1. The first-order valence-electron chi connectivity index (χ1n) is 39.5. The molecule has 0 N–H and O–H groups in total. The minimum Gasteiger partial charge on any atom is -0.310 e. The van der Waals surface area contributed by atoms with Gasteiger partial charge in [0.2, 0.25) is 0 Å². The molecule has 0 saturated heterocycles. The lowest BCUT2D eigenvalue weighted by molar-refractivity contribution is 0.568. The van der Waals surface area contributed by atoms with Gasteiger partial charge in [0, 0.05) is 61.5 Å². The number of anilines is 6. The number of fused-ring (bicyclic) bond motifs is 7. The Hall–Kier alpha value is -12.5. The molecule has 2 aliphatic heterocycles. The van der Waals surface area contributed by atoms with E-state index in [0.29, 0.717) is 11.3 Å². The van der Waals surface area contributed by atoms with E-state index in [4.69, 9.17) is 6.57 Å². The second kappa shape index (κ2) is 27.2. The van der Waals surface area contributed by atoms with E-state index in [0.717, 1.165) is 129 Å². The molecule has 6 heteroatoms. The van der Waals surface area contributed by atoms with Crippen LogP contribution in [-0.2, 0) is 27.1 Å². The van der Waals surface area contributed by atoms with Crippen molar-refractivity contribution in [3.63, 3.8) is 0 Å². The maximum absolute atomic E-state index is 10.7. The Morgan fingerprint density at radius 1 is 0.304 bits per heavy atom. The Bertz CT molecular complexity index is 6250. The molecule has 0 saturated carbocycles. The second-order valence-electron chi connectivity index (χ2n) is 36.1. The predicted molar refractivity (Wildman–Crippen MR) is 477 cm³/mol. The first-order valence-corrected chi connectivity index (χ1v) is 39.5. The van der Waals surface area contributed by atoms with Crippen LogP contribution in [0.3, 0.4) is 0 Å². The number of rotatable bonds is 10. The molecule has 5 nitrogen and oxygen atoms in total. The van der Waals surface area contributed by atoms with Gasteiger partial charge in [-0.25, -0.2) is 4.85 Å². The third kappa shape index (κ3) is 12.9. The lowest BCUT2D eigenvalue weighted by Crippen LogP contribution is -2.61. The lowest BCUT2D eigenvalue weighted by Gasteiger charge is -2.46. The molecule has 0 aliphatic carbocycles. The molecular weight excluding hydrogens is 1350 g/mol. The zero-order chi connectivity index (χ0) is 78.1. The Morgan fingerprint density at radius 2 is 0.679 bits per heavy atom. The minimum absolute atomic E-state index is 0.217. The Morgan fingerprint density at radius 3 is 1.12 bits per heavy atom. The number of para-hydroxylation sites is 2. The summed E-state index contributed by atoms with van der Waals surface area (Å²) in [6, 6.07) is 114. The summed E-state index contributed by atoms with van der Waals surface area (Å²) in [5.74, 6) is 0. The van der Waals surface area contributed by atoms with Crippen LogP contribution in [0.15, 0.2) is 297 Å². The molecule has 14 aromatic carbocycles. The van der Waals surface area contributed by atoms with Gasteiger partial charge in [-0.3, -0.25) is 0 Å². The van der Waals surface area contributed by atoms with Crippen LogP contribution in [0.5, 0.6) is 0 Å². The topological polar surface area (TPSA) is 39.6 Å². The van der Waals surface area contributed by atoms with E-state index in [9.17, 15) is 5.26 Å². The standard InChI is InChI=1S/C106H94BN5/c1-102(2,3)78-51-76(52-79(61-78)103(4,5)6)89-58-74(71-39-30-32-67(50-71)66-108)56-87(69-35-22-18-23-36-69)100(89)111-95-60-73(68-33-20-17-21-34-68)46-48-91(95)107-92-49-47-84(110-93-44-28-26-42-85(93)86-43-27-29-45-94(86)110)65-96(92)112(98-64-82(106(13,14)15)63-97(111)99(98)107)101-88(70-37-24-19-25-38-70)57-75(72-40-31-41-83(55-72)109-16)59-90(101)77-53-80(104(7,8)9)62-81(54-77)105(10,11)12/h17-65H,1-15H3. The Kier molecular flexibility index (Phi) is 17.6. The van der Waals surface area contributed by atoms with Crippen molar-refractivity contribution >= 4 is 84.7 Å². The highest BCUT2D eigenvalue weighted by atomic mass is 15.2. The smallest absolute Gasteiger partial charge is 0.252 e. The maximum atomic E-state index is 10.7. The number of hydrogen-bond donors (Lipinski definition) is 0. The molecular formula is C106H94BN5. The van der Waals surface area contributed by atoms with Crippen molar-refractivity contribution < 1.29 is 0 Å². The zero-order valence-corrected chi connectivity index (χ0v) is 67.1. The molecule has 112 heavy (non-hydrogen) atoms. The molecule has 0 spiro atoms. The van der Waals surface area contributed by atoms with Crippen molar-refractivity contribution in [3.8, 4) is 89.6 Å². The van der Waals surface area contributed by atoms with Gasteiger partial charge in [0.1, 0.15) is 0 Å². The van der Waals surface area contributed by atoms with Gasteiger partial charge in [-0.15, -0.1) is 0 Å². The Labute approximate surface area is 662 Å². The number of hydrogen-bond acceptors (Lipinski definition) is 3. The SMILES string of the molecule is [C-]#[N+]c1cccc(-c2cc(-c3ccccc3)c(N3c4cc(-n5c6ccccc6c6ccccc65)ccc4B4c5ccc(-c6ccccc6)cc5N(c5c(-c6ccccc6)cc(-c6cccc(C#N)c6)cc5-c5cc(C(C)(C)C)cc(C(C)(C)C)c5)c5cc(C(C)(C)C)cc3c54)c(-c3cc(C(C)(C)C)cc(C(C)(C)C)c3)c2)c1. The van der Waals surface area contributed by atoms with Crippen LogP contribution >= 0.6 is 0 Å². The quantitative estimate of drug-likeness (QED) is 0.101. The molecule has 0 radical (unpaired) electrons. The summed E-state index contributed by atoms with van der Waals surface area (Å²) in [5.41, 5.74) is 34.3. The van der Waals surface area contributed by atoms with Crippen molar-refractivity contribution in [3.05, 3.63) is 342 Å². The molecule has 546 valence electrons. The summed E-state index contributed by atoms with van der Waals surface area (Å²) in [7, 11) is 0. The minimum atomic E-state index is -0.412. The molecule has 15 aromatic rings. The number of benzene rings is 14. The first-order chi connectivity index (χ1) is 53.6. The van der Waals surface area contributed by atoms with Crippen molar-refractivity contribution in [2.24, 2.45) is 0 Å². The van der Waals surface area contributed by atoms with Crippen LogP contribution < -0.4 is 26.2 Å². The van der Waals surface area contributed by atoms with Gasteiger partial charge in [0.05, 0.1) is 40.6 Å². The van der Waals surface area contributed by atoms with E-state index in [1.807, 2.05) is 30.3 Å². The summed E-state index contributed by atoms with van der Waals surface area (Å²) >= 11 is 0. The first kappa shape index (κ1) is 72.4. The molecule has 2 aliphatic rings. The average Bonchev–Trinajstić information content (AvgIpc) is 1.19. The molecule has 3 heterocycles. The van der Waals surface area contributed by atoms with E-state index >= 15 is 0 Å². The van der Waals surface area contributed by atoms with Gasteiger partial charge in [-0.1, -0.05) is 316 Å². The zero-order valence-electron chi connectivity index (χ0n) is 67.1. The highest BCUT2D eigenvalue weighted by molar-refractivity contribution is 7.00. The third-order valence-electron chi connectivity index (χ3n) is 23.3. The number of nitrogens with zero attached hydrogens (tertiary/aromatic N) is 5. The molecule has 0 bridgehead atoms. The van der Waals surface area contributed by atoms with Crippen molar-refractivity contribution in [1.82, 2.24) is 4.57 Å². The van der Waals surface area contributed by atoms with Gasteiger partial charge in [0.15, 0.2) is 5.69 Å². The van der Waals surface area contributed by atoms with E-state index in [1.54, 1.807) is 0 Å². The molecule has 0 fully saturated rings. The lowest BCUT2D eigenvalue weighted by atomic mass is 9.33. The van der Waals surface area contributed by atoms with Gasteiger partial charge in [0.25, 0.3) is 6.71 Å².